The minimum atomic E-state index is -3.98. The normalized spacial score (nSPS) is 17.0. The van der Waals surface area contributed by atoms with Crippen LogP contribution < -0.4 is 15.1 Å². The van der Waals surface area contributed by atoms with Gasteiger partial charge in [-0.05, 0) is 50.8 Å². The first-order chi connectivity index (χ1) is 17.5. The van der Waals surface area contributed by atoms with Gasteiger partial charge in [0.2, 0.25) is 21.8 Å². The number of piperidine rings is 1. The van der Waals surface area contributed by atoms with Crippen LogP contribution in [0.1, 0.15) is 30.9 Å². The second kappa shape index (κ2) is 12.3. The molecule has 0 spiro atoms. The number of aliphatic hydroxyl groups excluding tert-OH is 1. The summed E-state index contributed by atoms with van der Waals surface area (Å²) in [4.78, 5) is 38.7. The number of rotatable bonds is 10. The molecule has 3 N–H and O–H groups in total. The van der Waals surface area contributed by atoms with E-state index in [0.29, 0.717) is 0 Å². The van der Waals surface area contributed by atoms with Crippen LogP contribution in [-0.4, -0.2) is 67.5 Å². The number of carboxylic acids is 1. The molecule has 1 fully saturated rings. The van der Waals surface area contributed by atoms with Gasteiger partial charge in [-0.2, -0.15) is 4.72 Å². The molecule has 37 heavy (non-hydrogen) atoms. The molecule has 0 radical (unpaired) electrons. The largest absolute Gasteiger partial charge is 0.548 e. The first-order valence-electron chi connectivity index (χ1n) is 12.1. The fourth-order valence-corrected chi connectivity index (χ4v) is 5.42. The fourth-order valence-electron chi connectivity index (χ4n) is 4.23. The van der Waals surface area contributed by atoms with E-state index in [1.165, 1.54) is 24.0 Å². The Labute approximate surface area is 216 Å². The molecule has 200 valence electrons. The Morgan fingerprint density at radius 1 is 1.05 bits per heavy atom. The maximum absolute atomic E-state index is 13.5. The van der Waals surface area contributed by atoms with Crippen LogP contribution in [0.3, 0.4) is 0 Å². The number of carbonyl (C=O) groups is 3. The predicted molar refractivity (Wildman–Crippen MR) is 133 cm³/mol. The molecule has 0 bridgehead atoms. The van der Waals surface area contributed by atoms with E-state index in [1.807, 2.05) is 37.3 Å². The second-order valence-electron chi connectivity index (χ2n) is 9.32. The number of sulfonamides is 1. The van der Waals surface area contributed by atoms with Gasteiger partial charge in [-0.3, -0.25) is 9.59 Å². The maximum Gasteiger partial charge on any atom is 0.241 e. The SMILES string of the molecule is Cc1ccc(S(=O)(=O)NC(Cc2ccccc2)C(=O)N2CCC(C(=O)NC(C(=O)[O-])C(C)O)CC2)cc1. The summed E-state index contributed by atoms with van der Waals surface area (Å²) in [5.41, 5.74) is 1.69. The van der Waals surface area contributed by atoms with E-state index in [-0.39, 0.29) is 37.2 Å². The lowest BCUT2D eigenvalue weighted by molar-refractivity contribution is -0.310. The first-order valence-corrected chi connectivity index (χ1v) is 13.6. The molecule has 10 nitrogen and oxygen atoms in total. The smallest absolute Gasteiger partial charge is 0.241 e. The molecule has 3 unspecified atom stereocenters. The highest BCUT2D eigenvalue weighted by Gasteiger charge is 2.34. The number of nitrogens with zero attached hydrogens (tertiary/aromatic N) is 1. The molecular weight excluding hydrogens is 498 g/mol. The number of carbonyl (C=O) groups excluding carboxylic acids is 3. The third-order valence-electron chi connectivity index (χ3n) is 6.42. The topological polar surface area (TPSA) is 156 Å². The summed E-state index contributed by atoms with van der Waals surface area (Å²) >= 11 is 0. The zero-order chi connectivity index (χ0) is 27.2. The van der Waals surface area contributed by atoms with E-state index in [0.717, 1.165) is 11.1 Å². The Morgan fingerprint density at radius 2 is 1.65 bits per heavy atom. The highest BCUT2D eigenvalue weighted by molar-refractivity contribution is 7.89. The van der Waals surface area contributed by atoms with E-state index in [4.69, 9.17) is 0 Å². The third kappa shape index (κ3) is 7.61. The summed E-state index contributed by atoms with van der Waals surface area (Å²) < 4.78 is 28.7. The number of aliphatic carboxylic acids is 1. The summed E-state index contributed by atoms with van der Waals surface area (Å²) in [5, 5.41) is 23.0. The van der Waals surface area contributed by atoms with Crippen molar-refractivity contribution in [3.8, 4) is 0 Å². The summed E-state index contributed by atoms with van der Waals surface area (Å²) in [7, 11) is -3.98. The molecule has 3 atom stereocenters. The van der Waals surface area contributed by atoms with Gasteiger partial charge in [0.25, 0.3) is 0 Å². The van der Waals surface area contributed by atoms with Crippen LogP contribution in [0.15, 0.2) is 59.5 Å². The lowest BCUT2D eigenvalue weighted by Gasteiger charge is -2.34. The lowest BCUT2D eigenvalue weighted by Crippen LogP contribution is -2.56. The predicted octanol–water partition coefficient (Wildman–Crippen LogP) is -0.261. The Morgan fingerprint density at radius 3 is 2.19 bits per heavy atom. The van der Waals surface area contributed by atoms with Gasteiger partial charge in [0.15, 0.2) is 0 Å². The van der Waals surface area contributed by atoms with Crippen molar-refractivity contribution >= 4 is 27.8 Å². The van der Waals surface area contributed by atoms with Gasteiger partial charge in [-0.25, -0.2) is 8.42 Å². The number of hydrogen-bond acceptors (Lipinski definition) is 7. The van der Waals surface area contributed by atoms with Crippen molar-refractivity contribution in [3.05, 3.63) is 65.7 Å². The van der Waals surface area contributed by atoms with Crippen molar-refractivity contribution in [1.29, 1.82) is 0 Å². The number of amides is 2. The van der Waals surface area contributed by atoms with Crippen LogP contribution in [0, 0.1) is 12.8 Å². The minimum absolute atomic E-state index is 0.0555. The van der Waals surface area contributed by atoms with E-state index in [1.54, 1.807) is 12.1 Å². The maximum atomic E-state index is 13.5. The molecule has 0 aliphatic carbocycles. The molecule has 2 aromatic carbocycles. The third-order valence-corrected chi connectivity index (χ3v) is 7.91. The molecular formula is C26H32N3O7S-. The summed E-state index contributed by atoms with van der Waals surface area (Å²) in [5.74, 6) is -3.08. The van der Waals surface area contributed by atoms with Gasteiger partial charge < -0.3 is 25.2 Å². The number of nitrogens with one attached hydrogen (secondary N) is 2. The minimum Gasteiger partial charge on any atom is -0.548 e. The Hall–Kier alpha value is -3.28. The molecule has 11 heteroatoms. The van der Waals surface area contributed by atoms with E-state index in [9.17, 15) is 33.0 Å². The van der Waals surface area contributed by atoms with Crippen LogP contribution in [-0.2, 0) is 30.8 Å². The molecule has 3 rings (SSSR count). The van der Waals surface area contributed by atoms with E-state index < -0.39 is 51.9 Å². The molecule has 1 aliphatic heterocycles. The van der Waals surface area contributed by atoms with Crippen LogP contribution in [0.2, 0.25) is 0 Å². The van der Waals surface area contributed by atoms with Crippen molar-refractivity contribution in [1.82, 2.24) is 14.9 Å². The van der Waals surface area contributed by atoms with Gasteiger partial charge in [0.05, 0.1) is 23.0 Å². The standard InChI is InChI=1S/C26H33N3O7S/c1-17-8-10-21(11-9-17)37(35,36)28-22(16-19-6-4-3-5-7-19)25(32)29-14-12-20(13-15-29)24(31)27-23(18(2)30)26(33)34/h3-11,18,20,22-23,28,30H,12-16H2,1-2H3,(H,27,31)(H,33,34)/p-1. The monoisotopic (exact) mass is 530 g/mol. The van der Waals surface area contributed by atoms with Gasteiger partial charge >= 0.3 is 0 Å². The van der Waals surface area contributed by atoms with Gasteiger partial charge in [-0.15, -0.1) is 0 Å². The summed E-state index contributed by atoms with van der Waals surface area (Å²) in [6, 6.07) is 12.8. The number of aryl methyl sites for hydroxylation is 1. The van der Waals surface area contributed by atoms with E-state index in [2.05, 4.69) is 10.0 Å². The van der Waals surface area contributed by atoms with Crippen LogP contribution >= 0.6 is 0 Å². The number of likely N-dealkylation sites (tertiary alicyclic amines) is 1. The molecule has 1 heterocycles. The van der Waals surface area contributed by atoms with E-state index >= 15 is 0 Å². The van der Waals surface area contributed by atoms with Gasteiger partial charge in [0.1, 0.15) is 6.04 Å². The van der Waals surface area contributed by atoms with Crippen molar-refractivity contribution < 1.29 is 33.0 Å². The Bertz CT molecular complexity index is 1190. The quantitative estimate of drug-likeness (QED) is 0.382. The van der Waals surface area contributed by atoms with Crippen LogP contribution in [0.5, 0.6) is 0 Å². The zero-order valence-corrected chi connectivity index (χ0v) is 21.6. The highest BCUT2D eigenvalue weighted by Crippen LogP contribution is 2.20. The molecule has 0 aromatic heterocycles. The Balaban J connectivity index is 1.71. The molecule has 1 saturated heterocycles. The number of carboxylic acid groups (broad SMARTS) is 1. The summed E-state index contributed by atoms with van der Waals surface area (Å²) in [6.45, 7) is 3.48. The van der Waals surface area contributed by atoms with Crippen molar-refractivity contribution in [2.45, 2.75) is 56.2 Å². The number of benzene rings is 2. The average Bonchev–Trinajstić information content (AvgIpc) is 2.86. The average molecular weight is 531 g/mol. The Kier molecular flexibility index (Phi) is 9.41. The van der Waals surface area contributed by atoms with Crippen molar-refractivity contribution in [2.24, 2.45) is 5.92 Å². The first kappa shape index (κ1) is 28.3. The molecule has 0 saturated carbocycles. The number of aliphatic hydroxyl groups is 1. The lowest BCUT2D eigenvalue weighted by atomic mass is 9.94. The van der Waals surface area contributed by atoms with Crippen molar-refractivity contribution in [2.75, 3.05) is 13.1 Å². The van der Waals surface area contributed by atoms with Crippen LogP contribution in [0.4, 0.5) is 0 Å². The van der Waals surface area contributed by atoms with Gasteiger partial charge in [-0.1, -0.05) is 48.0 Å². The highest BCUT2D eigenvalue weighted by atomic mass is 32.2. The molecule has 2 amide bonds. The van der Waals surface area contributed by atoms with Gasteiger partial charge in [0, 0.05) is 19.0 Å². The zero-order valence-electron chi connectivity index (χ0n) is 20.8. The molecule has 1 aliphatic rings. The van der Waals surface area contributed by atoms with Crippen molar-refractivity contribution in [3.63, 3.8) is 0 Å². The number of hydrogen-bond donors (Lipinski definition) is 3. The summed E-state index contributed by atoms with van der Waals surface area (Å²) in [6.07, 6.45) is -0.650. The fraction of sp³-hybridized carbons (Fsp3) is 0.423. The van der Waals surface area contributed by atoms with Crippen LogP contribution in [0.25, 0.3) is 0 Å². The second-order valence-corrected chi connectivity index (χ2v) is 11.0. The molecule has 2 aromatic rings.